The van der Waals surface area contributed by atoms with Crippen LogP contribution in [0.2, 0.25) is 10.0 Å². The third kappa shape index (κ3) is 2.60. The van der Waals surface area contributed by atoms with Crippen molar-refractivity contribution in [3.05, 3.63) is 33.8 Å². The fourth-order valence-electron chi connectivity index (χ4n) is 3.05. The molecule has 2 aliphatic rings. The zero-order valence-electron chi connectivity index (χ0n) is 10.5. The number of carbonyl (C=O) groups is 1. The SMILES string of the molecule is O=C(c1ccc(Cl)cc1Cl)N1CCC2CNCC2C1. The molecule has 1 aromatic carbocycles. The molecule has 1 N–H and O–H groups in total. The second-order valence-corrected chi connectivity index (χ2v) is 6.19. The molecule has 0 radical (unpaired) electrons. The van der Waals surface area contributed by atoms with Crippen LogP contribution in [0.3, 0.4) is 0 Å². The van der Waals surface area contributed by atoms with Crippen LogP contribution in [0.25, 0.3) is 0 Å². The Balaban J connectivity index is 1.76. The van der Waals surface area contributed by atoms with Crippen LogP contribution in [0.1, 0.15) is 16.8 Å². The molecule has 102 valence electrons. The lowest BCUT2D eigenvalue weighted by atomic mass is 9.88. The van der Waals surface area contributed by atoms with Gasteiger partial charge in [-0.3, -0.25) is 4.79 Å². The zero-order chi connectivity index (χ0) is 13.4. The predicted molar refractivity (Wildman–Crippen MR) is 76.8 cm³/mol. The van der Waals surface area contributed by atoms with Crippen molar-refractivity contribution in [1.29, 1.82) is 0 Å². The molecule has 2 saturated heterocycles. The van der Waals surface area contributed by atoms with Gasteiger partial charge in [-0.25, -0.2) is 0 Å². The molecule has 0 spiro atoms. The topological polar surface area (TPSA) is 32.3 Å². The molecule has 1 amide bonds. The summed E-state index contributed by atoms with van der Waals surface area (Å²) < 4.78 is 0. The first-order valence-corrected chi connectivity index (χ1v) is 7.36. The summed E-state index contributed by atoms with van der Waals surface area (Å²) >= 11 is 12.0. The van der Waals surface area contributed by atoms with Crippen LogP contribution < -0.4 is 5.32 Å². The number of hydrogen-bond acceptors (Lipinski definition) is 2. The first-order valence-electron chi connectivity index (χ1n) is 6.60. The van der Waals surface area contributed by atoms with Gasteiger partial charge in [0.15, 0.2) is 0 Å². The van der Waals surface area contributed by atoms with Crippen molar-refractivity contribution in [2.45, 2.75) is 6.42 Å². The van der Waals surface area contributed by atoms with E-state index in [0.29, 0.717) is 21.5 Å². The van der Waals surface area contributed by atoms with Gasteiger partial charge in [-0.15, -0.1) is 0 Å². The van der Waals surface area contributed by atoms with Gasteiger partial charge in [0.05, 0.1) is 10.6 Å². The number of fused-ring (bicyclic) bond motifs is 1. The number of amides is 1. The van der Waals surface area contributed by atoms with Gasteiger partial charge in [0.1, 0.15) is 0 Å². The maximum absolute atomic E-state index is 12.5. The molecule has 0 bridgehead atoms. The highest BCUT2D eigenvalue weighted by molar-refractivity contribution is 6.36. The second-order valence-electron chi connectivity index (χ2n) is 5.34. The second kappa shape index (κ2) is 5.31. The minimum atomic E-state index is 0.0204. The van der Waals surface area contributed by atoms with Gasteiger partial charge >= 0.3 is 0 Å². The maximum Gasteiger partial charge on any atom is 0.255 e. The number of carbonyl (C=O) groups excluding carboxylic acids is 1. The number of piperidine rings is 1. The van der Waals surface area contributed by atoms with Gasteiger partial charge in [-0.1, -0.05) is 23.2 Å². The molecule has 0 aromatic heterocycles. The number of likely N-dealkylation sites (tertiary alicyclic amines) is 1. The Labute approximate surface area is 122 Å². The quantitative estimate of drug-likeness (QED) is 0.864. The van der Waals surface area contributed by atoms with Crippen molar-refractivity contribution in [1.82, 2.24) is 10.2 Å². The lowest BCUT2D eigenvalue weighted by molar-refractivity contribution is 0.0642. The van der Waals surface area contributed by atoms with Crippen molar-refractivity contribution in [3.8, 4) is 0 Å². The van der Waals surface area contributed by atoms with E-state index >= 15 is 0 Å². The van der Waals surface area contributed by atoms with E-state index in [4.69, 9.17) is 23.2 Å². The Morgan fingerprint density at radius 1 is 1.26 bits per heavy atom. The molecule has 3 nitrogen and oxygen atoms in total. The number of nitrogens with one attached hydrogen (secondary N) is 1. The van der Waals surface area contributed by atoms with Gasteiger partial charge in [0, 0.05) is 18.1 Å². The van der Waals surface area contributed by atoms with E-state index in [2.05, 4.69) is 5.32 Å². The molecular formula is C14H16Cl2N2O. The van der Waals surface area contributed by atoms with E-state index in [1.165, 1.54) is 0 Å². The molecule has 2 unspecified atom stereocenters. The number of benzene rings is 1. The number of nitrogens with zero attached hydrogens (tertiary/aromatic N) is 1. The van der Waals surface area contributed by atoms with E-state index in [1.807, 2.05) is 4.90 Å². The fraction of sp³-hybridized carbons (Fsp3) is 0.500. The average Bonchev–Trinajstić information content (AvgIpc) is 2.85. The lowest BCUT2D eigenvalue weighted by Crippen LogP contribution is -2.43. The van der Waals surface area contributed by atoms with E-state index < -0.39 is 0 Å². The minimum absolute atomic E-state index is 0.0204. The Morgan fingerprint density at radius 3 is 2.84 bits per heavy atom. The Hall–Kier alpha value is -0.770. The van der Waals surface area contributed by atoms with Gasteiger partial charge in [0.25, 0.3) is 5.91 Å². The van der Waals surface area contributed by atoms with Crippen molar-refractivity contribution in [2.75, 3.05) is 26.2 Å². The van der Waals surface area contributed by atoms with Crippen LogP contribution >= 0.6 is 23.2 Å². The zero-order valence-corrected chi connectivity index (χ0v) is 12.0. The summed E-state index contributed by atoms with van der Waals surface area (Å²) in [6.07, 6.45) is 1.08. The van der Waals surface area contributed by atoms with E-state index in [0.717, 1.165) is 38.5 Å². The molecule has 0 aliphatic carbocycles. The fourth-order valence-corrected chi connectivity index (χ4v) is 3.54. The first kappa shape index (κ1) is 13.2. The maximum atomic E-state index is 12.5. The molecule has 1 aromatic rings. The summed E-state index contributed by atoms with van der Waals surface area (Å²) in [5, 5.41) is 4.39. The Bertz CT molecular complexity index is 506. The molecule has 5 heteroatoms. The normalized spacial score (nSPS) is 26.3. The van der Waals surface area contributed by atoms with Crippen LogP contribution in [-0.4, -0.2) is 37.0 Å². The summed E-state index contributed by atoms with van der Waals surface area (Å²) in [5.74, 6) is 1.33. The monoisotopic (exact) mass is 298 g/mol. The van der Waals surface area contributed by atoms with E-state index in [1.54, 1.807) is 18.2 Å². The number of hydrogen-bond donors (Lipinski definition) is 1. The summed E-state index contributed by atoms with van der Waals surface area (Å²) in [7, 11) is 0. The largest absolute Gasteiger partial charge is 0.338 e. The third-order valence-corrected chi connectivity index (χ3v) is 4.70. The lowest BCUT2D eigenvalue weighted by Gasteiger charge is -2.34. The third-order valence-electron chi connectivity index (χ3n) is 4.15. The molecule has 19 heavy (non-hydrogen) atoms. The van der Waals surface area contributed by atoms with Crippen molar-refractivity contribution < 1.29 is 4.79 Å². The van der Waals surface area contributed by atoms with Crippen LogP contribution in [0.4, 0.5) is 0 Å². The Kier molecular flexibility index (Phi) is 3.70. The highest BCUT2D eigenvalue weighted by atomic mass is 35.5. The molecular weight excluding hydrogens is 283 g/mol. The highest BCUT2D eigenvalue weighted by Crippen LogP contribution is 2.29. The summed E-state index contributed by atoms with van der Waals surface area (Å²) in [4.78, 5) is 14.4. The predicted octanol–water partition coefficient (Wildman–Crippen LogP) is 2.67. The standard InChI is InChI=1S/C14H16Cl2N2O/c15-11-1-2-12(13(16)5-11)14(19)18-4-3-9-6-17-7-10(9)8-18/h1-2,5,9-10,17H,3-4,6-8H2. The van der Waals surface area contributed by atoms with E-state index in [9.17, 15) is 4.79 Å². The molecule has 0 saturated carbocycles. The van der Waals surface area contributed by atoms with Crippen LogP contribution in [0, 0.1) is 11.8 Å². The molecule has 3 rings (SSSR count). The summed E-state index contributed by atoms with van der Waals surface area (Å²) in [5.41, 5.74) is 0.551. The van der Waals surface area contributed by atoms with Crippen LogP contribution in [-0.2, 0) is 0 Å². The van der Waals surface area contributed by atoms with Crippen molar-refractivity contribution >= 4 is 29.1 Å². The molecule has 2 aliphatic heterocycles. The van der Waals surface area contributed by atoms with Crippen molar-refractivity contribution in [3.63, 3.8) is 0 Å². The smallest absolute Gasteiger partial charge is 0.255 e. The van der Waals surface area contributed by atoms with Gasteiger partial charge in [0.2, 0.25) is 0 Å². The molecule has 2 heterocycles. The Morgan fingerprint density at radius 2 is 2.05 bits per heavy atom. The van der Waals surface area contributed by atoms with Crippen LogP contribution in [0.5, 0.6) is 0 Å². The molecule has 2 atom stereocenters. The molecule has 2 fully saturated rings. The van der Waals surface area contributed by atoms with Crippen LogP contribution in [0.15, 0.2) is 18.2 Å². The highest BCUT2D eigenvalue weighted by Gasteiger charge is 2.35. The minimum Gasteiger partial charge on any atom is -0.338 e. The number of halogens is 2. The van der Waals surface area contributed by atoms with Crippen molar-refractivity contribution in [2.24, 2.45) is 11.8 Å². The first-order chi connectivity index (χ1) is 9.15. The van der Waals surface area contributed by atoms with E-state index in [-0.39, 0.29) is 5.91 Å². The van der Waals surface area contributed by atoms with Gasteiger partial charge in [-0.2, -0.15) is 0 Å². The summed E-state index contributed by atoms with van der Waals surface area (Å²) in [6.45, 7) is 3.76. The van der Waals surface area contributed by atoms with Gasteiger partial charge in [-0.05, 0) is 49.5 Å². The average molecular weight is 299 g/mol. The summed E-state index contributed by atoms with van der Waals surface area (Å²) in [6, 6.07) is 5.05. The number of rotatable bonds is 1. The van der Waals surface area contributed by atoms with Gasteiger partial charge < -0.3 is 10.2 Å².